The Morgan fingerprint density at radius 1 is 1.00 bits per heavy atom. The number of hydrogen-bond acceptors (Lipinski definition) is 4. The number of rotatable bonds is 5. The van der Waals surface area contributed by atoms with Crippen LogP contribution >= 0.6 is 11.3 Å². The molecular formula is C41H43N2O2S+. The monoisotopic (exact) mass is 627 g/mol. The highest BCUT2D eigenvalue weighted by Crippen LogP contribution is 2.54. The van der Waals surface area contributed by atoms with Gasteiger partial charge in [0.1, 0.15) is 10.5 Å². The summed E-state index contributed by atoms with van der Waals surface area (Å²) in [5.74, 6) is 0.135. The van der Waals surface area contributed by atoms with E-state index in [0.29, 0.717) is 13.0 Å². The van der Waals surface area contributed by atoms with Gasteiger partial charge in [-0.3, -0.25) is 0 Å². The third-order valence-corrected chi connectivity index (χ3v) is 11.6. The van der Waals surface area contributed by atoms with Gasteiger partial charge in [0.2, 0.25) is 5.52 Å². The molecule has 0 radical (unpaired) electrons. The highest BCUT2D eigenvalue weighted by atomic mass is 32.1. The maximum absolute atomic E-state index is 11.4. The number of benzene rings is 4. The highest BCUT2D eigenvalue weighted by Gasteiger charge is 2.50. The summed E-state index contributed by atoms with van der Waals surface area (Å²) in [6.07, 6.45) is 2.65. The van der Waals surface area contributed by atoms with E-state index in [1.165, 1.54) is 65.4 Å². The number of aryl methyl sites for hydroxylation is 3. The zero-order valence-electron chi connectivity index (χ0n) is 28.2. The predicted octanol–water partition coefficient (Wildman–Crippen LogP) is 10.4. The van der Waals surface area contributed by atoms with E-state index in [1.807, 2.05) is 17.7 Å². The van der Waals surface area contributed by atoms with Crippen molar-refractivity contribution in [3.05, 3.63) is 107 Å². The zero-order valence-corrected chi connectivity index (χ0v) is 29.0. The molecule has 1 aliphatic rings. The van der Waals surface area contributed by atoms with E-state index in [2.05, 4.69) is 120 Å². The van der Waals surface area contributed by atoms with Gasteiger partial charge < -0.3 is 9.84 Å². The number of allylic oxidation sites excluding steroid dienone is 1. The van der Waals surface area contributed by atoms with Crippen LogP contribution in [0.15, 0.2) is 79.3 Å². The number of hydrogen-bond donors (Lipinski definition) is 1. The number of methoxy groups -OCH3 is 1. The van der Waals surface area contributed by atoms with Gasteiger partial charge in [0, 0.05) is 35.1 Å². The van der Waals surface area contributed by atoms with Crippen molar-refractivity contribution in [2.45, 2.75) is 71.8 Å². The molecule has 6 aromatic rings. The van der Waals surface area contributed by atoms with Crippen molar-refractivity contribution in [3.8, 4) is 21.7 Å². The van der Waals surface area contributed by atoms with Crippen LogP contribution in [0.4, 0.5) is 0 Å². The fourth-order valence-corrected chi connectivity index (χ4v) is 9.69. The summed E-state index contributed by atoms with van der Waals surface area (Å²) in [6, 6.07) is 21.7. The molecule has 0 saturated carbocycles. The summed E-state index contributed by atoms with van der Waals surface area (Å²) in [7, 11) is 1.75. The van der Waals surface area contributed by atoms with Gasteiger partial charge in [-0.25, -0.2) is 4.57 Å². The Bertz CT molecular complexity index is 2220. The van der Waals surface area contributed by atoms with Gasteiger partial charge in [0.25, 0.3) is 6.33 Å². The number of nitrogens with zero attached hydrogens (tertiary/aromatic N) is 2. The van der Waals surface area contributed by atoms with Crippen molar-refractivity contribution in [2.24, 2.45) is 0 Å². The van der Waals surface area contributed by atoms with Crippen LogP contribution in [0.1, 0.15) is 68.0 Å². The van der Waals surface area contributed by atoms with Crippen molar-refractivity contribution in [1.29, 1.82) is 0 Å². The maximum atomic E-state index is 11.4. The molecule has 46 heavy (non-hydrogen) atoms. The first-order valence-electron chi connectivity index (χ1n) is 16.1. The van der Waals surface area contributed by atoms with Crippen molar-refractivity contribution in [3.63, 3.8) is 0 Å². The molecule has 4 nitrogen and oxygen atoms in total. The molecule has 1 aliphatic heterocycles. The van der Waals surface area contributed by atoms with Crippen LogP contribution in [-0.2, 0) is 15.6 Å². The average Bonchev–Trinajstić information content (AvgIpc) is 3.34. The first kappa shape index (κ1) is 30.6. The molecule has 2 atom stereocenters. The first-order chi connectivity index (χ1) is 21.9. The molecule has 0 saturated heterocycles. The van der Waals surface area contributed by atoms with E-state index in [1.54, 1.807) is 7.11 Å². The first-order valence-corrected chi connectivity index (χ1v) is 17.0. The summed E-state index contributed by atoms with van der Waals surface area (Å²) in [4.78, 5) is 6.39. The standard InChI is InChI=1S/C41H42N2O2S/c1-23-20-27-14-10-11-15-28(27)24(2)33(23)37-25(3)35-38(46-37)36-31-21-32(40(5,6)7)29-16-12-13-17-30(29)34(31)41(8,18-19-45-9)39(26(4)44)43(36)22-42-35/h10-17,20-22,39H,4,18-19H2,1-3,5-9H3/p+1. The molecule has 5 heteroatoms. The van der Waals surface area contributed by atoms with Gasteiger partial charge in [0.15, 0.2) is 11.7 Å². The number of aliphatic hydroxyl groups excluding tert-OH is 1. The predicted molar refractivity (Wildman–Crippen MR) is 193 cm³/mol. The van der Waals surface area contributed by atoms with Crippen molar-refractivity contribution < 1.29 is 14.4 Å². The Morgan fingerprint density at radius 2 is 1.67 bits per heavy atom. The zero-order chi connectivity index (χ0) is 32.7. The largest absolute Gasteiger partial charge is 0.508 e. The summed E-state index contributed by atoms with van der Waals surface area (Å²) in [5.41, 5.74) is 10.3. The second kappa shape index (κ2) is 10.8. The lowest BCUT2D eigenvalue weighted by Gasteiger charge is -2.42. The molecule has 0 amide bonds. The Kier molecular flexibility index (Phi) is 7.15. The number of thiophene rings is 1. The lowest BCUT2D eigenvalue weighted by atomic mass is 9.65. The average molecular weight is 628 g/mol. The van der Waals surface area contributed by atoms with Gasteiger partial charge in [-0.15, -0.1) is 11.3 Å². The molecule has 1 N–H and O–H groups in total. The molecule has 234 valence electrons. The van der Waals surface area contributed by atoms with E-state index in [9.17, 15) is 5.11 Å². The molecule has 0 bridgehead atoms. The Hall–Kier alpha value is -4.06. The Morgan fingerprint density at radius 3 is 2.35 bits per heavy atom. The SMILES string of the molecule is C=C(O)C1[n+]2cnc3c(C)c(-c4c(C)cc5ccccc5c4C)sc3c2-c2cc(C(C)(C)C)c3ccccc3c2C1(C)CCOC. The van der Waals surface area contributed by atoms with E-state index in [0.717, 1.165) is 15.9 Å². The van der Waals surface area contributed by atoms with Gasteiger partial charge >= 0.3 is 0 Å². The Balaban J connectivity index is 1.64. The minimum absolute atomic E-state index is 0.0815. The molecule has 2 unspecified atom stereocenters. The van der Waals surface area contributed by atoms with Gasteiger partial charge in [-0.05, 0) is 93.0 Å². The lowest BCUT2D eigenvalue weighted by Crippen LogP contribution is -2.56. The highest BCUT2D eigenvalue weighted by molar-refractivity contribution is 7.23. The Labute approximate surface area is 276 Å². The molecule has 0 aliphatic carbocycles. The quantitative estimate of drug-likeness (QED) is 0.153. The molecule has 7 rings (SSSR count). The maximum Gasteiger partial charge on any atom is 0.288 e. The molecule has 2 aromatic heterocycles. The van der Waals surface area contributed by atoms with Crippen LogP contribution in [0.3, 0.4) is 0 Å². The summed E-state index contributed by atoms with van der Waals surface area (Å²) in [5, 5.41) is 16.5. The molecule has 0 spiro atoms. The second-order valence-corrected chi connectivity index (χ2v) is 15.4. The van der Waals surface area contributed by atoms with Crippen LogP contribution in [0.5, 0.6) is 0 Å². The summed E-state index contributed by atoms with van der Waals surface area (Å²) < 4.78 is 9.02. The van der Waals surface area contributed by atoms with Crippen molar-refractivity contribution in [2.75, 3.05) is 13.7 Å². The number of fused-ring (bicyclic) bond motifs is 8. The minimum atomic E-state index is -0.499. The minimum Gasteiger partial charge on any atom is -0.508 e. The van der Waals surface area contributed by atoms with E-state index < -0.39 is 11.5 Å². The number of aromatic nitrogens is 2. The third kappa shape index (κ3) is 4.35. The fourth-order valence-electron chi connectivity index (χ4n) is 8.21. The number of aliphatic hydroxyl groups is 1. The molecule has 4 aromatic carbocycles. The van der Waals surface area contributed by atoms with Gasteiger partial charge in [-0.2, -0.15) is 0 Å². The van der Waals surface area contributed by atoms with Gasteiger partial charge in [0.05, 0.1) is 0 Å². The summed E-state index contributed by atoms with van der Waals surface area (Å²) >= 11 is 1.82. The second-order valence-electron chi connectivity index (χ2n) is 14.3. The molecule has 3 heterocycles. The van der Waals surface area contributed by atoms with E-state index >= 15 is 0 Å². The summed E-state index contributed by atoms with van der Waals surface area (Å²) in [6.45, 7) is 20.5. The lowest BCUT2D eigenvalue weighted by molar-refractivity contribution is -0.719. The fraction of sp³-hybridized carbons (Fsp3) is 0.317. The molecular weight excluding hydrogens is 585 g/mol. The van der Waals surface area contributed by atoms with Crippen molar-refractivity contribution >= 4 is 43.1 Å². The van der Waals surface area contributed by atoms with Crippen LogP contribution in [-0.4, -0.2) is 23.8 Å². The van der Waals surface area contributed by atoms with E-state index in [4.69, 9.17) is 9.72 Å². The third-order valence-electron chi connectivity index (χ3n) is 10.3. The normalized spacial score (nSPS) is 17.9. The van der Waals surface area contributed by atoms with Crippen LogP contribution < -0.4 is 4.57 Å². The number of ether oxygens (including phenoxy) is 1. The van der Waals surface area contributed by atoms with Crippen LogP contribution in [0.25, 0.3) is 53.5 Å². The molecule has 0 fully saturated rings. The van der Waals surface area contributed by atoms with Crippen LogP contribution in [0.2, 0.25) is 0 Å². The van der Waals surface area contributed by atoms with Crippen LogP contribution in [0, 0.1) is 20.8 Å². The topological polar surface area (TPSA) is 46.2 Å². The van der Waals surface area contributed by atoms with E-state index in [-0.39, 0.29) is 11.2 Å². The van der Waals surface area contributed by atoms with Gasteiger partial charge in [-0.1, -0.05) is 88.9 Å². The van der Waals surface area contributed by atoms with Crippen molar-refractivity contribution in [1.82, 2.24) is 4.98 Å². The smallest absolute Gasteiger partial charge is 0.288 e.